The van der Waals surface area contributed by atoms with Crippen LogP contribution in [0.15, 0.2) is 12.3 Å². The third-order valence-corrected chi connectivity index (χ3v) is 2.38. The predicted octanol–water partition coefficient (Wildman–Crippen LogP) is 1.36. The molecule has 2 aromatic heterocycles. The molecule has 2 N–H and O–H groups in total. The molecule has 0 fully saturated rings. The van der Waals surface area contributed by atoms with Gasteiger partial charge < -0.3 is 14.8 Å². The molecular weight excluding hydrogens is 210 g/mol. The SMILES string of the molecule is COC(C)c1nc2nccc(C(=O)O)c2[nH]1. The van der Waals surface area contributed by atoms with Gasteiger partial charge in [-0.05, 0) is 13.0 Å². The lowest BCUT2D eigenvalue weighted by Crippen LogP contribution is -1.99. The first-order valence-electron chi connectivity index (χ1n) is 4.74. The number of carboxylic acids is 1. The van der Waals surface area contributed by atoms with Crippen LogP contribution in [0.5, 0.6) is 0 Å². The van der Waals surface area contributed by atoms with E-state index in [4.69, 9.17) is 9.84 Å². The standard InChI is InChI=1S/C10H11N3O3/c1-5(16-2)8-12-7-6(10(14)15)3-4-11-9(7)13-8/h3-5H,1-2H3,(H,14,15)(H,11,12,13). The summed E-state index contributed by atoms with van der Waals surface area (Å²) >= 11 is 0. The van der Waals surface area contributed by atoms with Gasteiger partial charge in [0.2, 0.25) is 0 Å². The van der Waals surface area contributed by atoms with Crippen LogP contribution in [0.1, 0.15) is 29.2 Å². The van der Waals surface area contributed by atoms with Gasteiger partial charge in [0.05, 0.1) is 11.1 Å². The molecule has 0 saturated carbocycles. The molecule has 1 atom stereocenters. The highest BCUT2D eigenvalue weighted by molar-refractivity contribution is 5.99. The van der Waals surface area contributed by atoms with E-state index in [-0.39, 0.29) is 11.7 Å². The number of carboxylic acid groups (broad SMARTS) is 1. The van der Waals surface area contributed by atoms with Crippen molar-refractivity contribution in [2.75, 3.05) is 7.11 Å². The number of pyridine rings is 1. The normalized spacial score (nSPS) is 12.9. The predicted molar refractivity (Wildman–Crippen MR) is 56.3 cm³/mol. The van der Waals surface area contributed by atoms with E-state index in [1.54, 1.807) is 7.11 Å². The van der Waals surface area contributed by atoms with Gasteiger partial charge in [-0.25, -0.2) is 14.8 Å². The molecule has 2 aromatic rings. The quantitative estimate of drug-likeness (QED) is 0.817. The molecule has 6 heteroatoms. The molecular formula is C10H11N3O3. The lowest BCUT2D eigenvalue weighted by molar-refractivity contribution is 0.0698. The maximum absolute atomic E-state index is 11.0. The lowest BCUT2D eigenvalue weighted by atomic mass is 10.2. The molecule has 0 radical (unpaired) electrons. The van der Waals surface area contributed by atoms with Gasteiger partial charge in [0, 0.05) is 13.3 Å². The Bertz CT molecular complexity index is 535. The molecule has 0 aliphatic rings. The molecule has 0 saturated heterocycles. The fourth-order valence-electron chi connectivity index (χ4n) is 1.41. The summed E-state index contributed by atoms with van der Waals surface area (Å²) in [5, 5.41) is 8.98. The minimum absolute atomic E-state index is 0.159. The minimum atomic E-state index is -1.01. The van der Waals surface area contributed by atoms with Crippen LogP contribution in [0.3, 0.4) is 0 Å². The zero-order valence-corrected chi connectivity index (χ0v) is 8.89. The Morgan fingerprint density at radius 1 is 1.62 bits per heavy atom. The molecule has 16 heavy (non-hydrogen) atoms. The average molecular weight is 221 g/mol. The molecule has 2 rings (SSSR count). The van der Waals surface area contributed by atoms with Crippen LogP contribution in [0.4, 0.5) is 0 Å². The maximum Gasteiger partial charge on any atom is 0.338 e. The van der Waals surface area contributed by atoms with E-state index in [1.165, 1.54) is 12.3 Å². The van der Waals surface area contributed by atoms with Crippen molar-refractivity contribution in [3.8, 4) is 0 Å². The number of fused-ring (bicyclic) bond motifs is 1. The van der Waals surface area contributed by atoms with Gasteiger partial charge in [0.25, 0.3) is 0 Å². The highest BCUT2D eigenvalue weighted by Crippen LogP contribution is 2.19. The molecule has 0 spiro atoms. The van der Waals surface area contributed by atoms with Crippen molar-refractivity contribution in [3.05, 3.63) is 23.7 Å². The number of ether oxygens (including phenoxy) is 1. The van der Waals surface area contributed by atoms with Crippen LogP contribution in [-0.2, 0) is 4.74 Å². The van der Waals surface area contributed by atoms with E-state index >= 15 is 0 Å². The monoisotopic (exact) mass is 221 g/mol. The fraction of sp³-hybridized carbons (Fsp3) is 0.300. The number of aromatic nitrogens is 3. The second-order valence-corrected chi connectivity index (χ2v) is 3.36. The van der Waals surface area contributed by atoms with Gasteiger partial charge >= 0.3 is 5.97 Å². The Morgan fingerprint density at radius 2 is 2.38 bits per heavy atom. The van der Waals surface area contributed by atoms with Gasteiger partial charge in [-0.1, -0.05) is 0 Å². The number of hydrogen-bond acceptors (Lipinski definition) is 4. The number of nitrogens with zero attached hydrogens (tertiary/aromatic N) is 2. The first-order chi connectivity index (χ1) is 7.63. The molecule has 84 valence electrons. The van der Waals surface area contributed by atoms with Gasteiger partial charge in [-0.15, -0.1) is 0 Å². The van der Waals surface area contributed by atoms with E-state index in [0.29, 0.717) is 17.0 Å². The Morgan fingerprint density at radius 3 is 3.00 bits per heavy atom. The van der Waals surface area contributed by atoms with E-state index in [1.807, 2.05) is 6.92 Å². The zero-order valence-electron chi connectivity index (χ0n) is 8.89. The van der Waals surface area contributed by atoms with E-state index in [2.05, 4.69) is 15.0 Å². The largest absolute Gasteiger partial charge is 0.478 e. The van der Waals surface area contributed by atoms with Crippen LogP contribution >= 0.6 is 0 Å². The van der Waals surface area contributed by atoms with Gasteiger partial charge in [-0.2, -0.15) is 0 Å². The van der Waals surface area contributed by atoms with Crippen molar-refractivity contribution in [2.24, 2.45) is 0 Å². The Kier molecular flexibility index (Phi) is 2.57. The number of methoxy groups -OCH3 is 1. The minimum Gasteiger partial charge on any atom is -0.478 e. The highest BCUT2D eigenvalue weighted by atomic mass is 16.5. The topological polar surface area (TPSA) is 88.1 Å². The third kappa shape index (κ3) is 1.63. The summed E-state index contributed by atoms with van der Waals surface area (Å²) < 4.78 is 5.10. The van der Waals surface area contributed by atoms with Crippen molar-refractivity contribution in [1.29, 1.82) is 0 Å². The molecule has 0 amide bonds. The van der Waals surface area contributed by atoms with Gasteiger partial charge in [0.15, 0.2) is 5.65 Å². The second kappa shape index (κ2) is 3.90. The van der Waals surface area contributed by atoms with Gasteiger partial charge in [-0.3, -0.25) is 0 Å². The number of imidazole rings is 1. The molecule has 2 heterocycles. The zero-order chi connectivity index (χ0) is 11.7. The first-order valence-corrected chi connectivity index (χ1v) is 4.74. The molecule has 6 nitrogen and oxygen atoms in total. The van der Waals surface area contributed by atoms with Crippen molar-refractivity contribution in [1.82, 2.24) is 15.0 Å². The molecule has 0 aromatic carbocycles. The van der Waals surface area contributed by atoms with Crippen molar-refractivity contribution in [2.45, 2.75) is 13.0 Å². The second-order valence-electron chi connectivity index (χ2n) is 3.36. The number of aromatic carboxylic acids is 1. The van der Waals surface area contributed by atoms with E-state index < -0.39 is 5.97 Å². The Hall–Kier alpha value is -1.95. The Labute approximate surface area is 91.3 Å². The third-order valence-electron chi connectivity index (χ3n) is 2.38. The van der Waals surface area contributed by atoms with Crippen LogP contribution in [-0.4, -0.2) is 33.1 Å². The first kappa shape index (κ1) is 10.6. The summed E-state index contributed by atoms with van der Waals surface area (Å²) in [6, 6.07) is 1.43. The number of hydrogen-bond donors (Lipinski definition) is 2. The van der Waals surface area contributed by atoms with Crippen LogP contribution in [0, 0.1) is 0 Å². The number of aromatic amines is 1. The highest BCUT2D eigenvalue weighted by Gasteiger charge is 2.15. The summed E-state index contributed by atoms with van der Waals surface area (Å²) in [5.41, 5.74) is 0.972. The van der Waals surface area contributed by atoms with Crippen molar-refractivity contribution in [3.63, 3.8) is 0 Å². The molecule has 0 bridgehead atoms. The summed E-state index contributed by atoms with van der Waals surface area (Å²) in [6.07, 6.45) is 1.20. The number of nitrogens with one attached hydrogen (secondary N) is 1. The number of H-pyrrole nitrogens is 1. The number of rotatable bonds is 3. The van der Waals surface area contributed by atoms with Crippen molar-refractivity contribution < 1.29 is 14.6 Å². The Balaban J connectivity index is 2.61. The van der Waals surface area contributed by atoms with Crippen LogP contribution < -0.4 is 0 Å². The maximum atomic E-state index is 11.0. The lowest BCUT2D eigenvalue weighted by Gasteiger charge is -2.03. The van der Waals surface area contributed by atoms with Crippen LogP contribution in [0.25, 0.3) is 11.2 Å². The molecule has 0 aliphatic heterocycles. The average Bonchev–Trinajstić information content (AvgIpc) is 2.70. The van der Waals surface area contributed by atoms with Gasteiger partial charge in [0.1, 0.15) is 11.9 Å². The summed E-state index contributed by atoms with van der Waals surface area (Å²) in [6.45, 7) is 1.82. The van der Waals surface area contributed by atoms with E-state index in [0.717, 1.165) is 0 Å². The summed E-state index contributed by atoms with van der Waals surface area (Å²) in [4.78, 5) is 22.0. The summed E-state index contributed by atoms with van der Waals surface area (Å²) in [5.74, 6) is -0.439. The number of carbonyl (C=O) groups is 1. The van der Waals surface area contributed by atoms with Crippen molar-refractivity contribution >= 4 is 17.1 Å². The van der Waals surface area contributed by atoms with Crippen LogP contribution in [0.2, 0.25) is 0 Å². The fourth-order valence-corrected chi connectivity index (χ4v) is 1.41. The molecule has 0 aliphatic carbocycles. The molecule has 1 unspecified atom stereocenters. The smallest absolute Gasteiger partial charge is 0.338 e. The summed E-state index contributed by atoms with van der Waals surface area (Å²) in [7, 11) is 1.56. The van der Waals surface area contributed by atoms with E-state index in [9.17, 15) is 4.79 Å².